The van der Waals surface area contributed by atoms with Crippen molar-refractivity contribution in [3.05, 3.63) is 16.7 Å². The third-order valence-electron chi connectivity index (χ3n) is 3.44. The largest absolute Gasteiger partial charge is 0.496 e. The van der Waals surface area contributed by atoms with Gasteiger partial charge in [-0.15, -0.1) is 0 Å². The summed E-state index contributed by atoms with van der Waals surface area (Å²) in [5, 5.41) is 0. The molecule has 1 rings (SSSR count). The van der Waals surface area contributed by atoms with E-state index in [1.165, 1.54) is 0 Å². The SMILES string of the molecule is COc1c(C)c(CCCOS(C)(=O)=O)c(OC)c(OC)c1C. The highest BCUT2D eigenvalue weighted by molar-refractivity contribution is 7.85. The van der Waals surface area contributed by atoms with Gasteiger partial charge in [-0.1, -0.05) is 0 Å². The molecule has 1 aromatic rings. The highest BCUT2D eigenvalue weighted by Crippen LogP contribution is 2.43. The van der Waals surface area contributed by atoms with Crippen LogP contribution in [0.1, 0.15) is 23.1 Å². The molecule has 0 unspecified atom stereocenters. The summed E-state index contributed by atoms with van der Waals surface area (Å²) in [6, 6.07) is 0. The topological polar surface area (TPSA) is 71.1 Å². The van der Waals surface area contributed by atoms with Gasteiger partial charge in [0.1, 0.15) is 5.75 Å². The van der Waals surface area contributed by atoms with E-state index in [0.29, 0.717) is 24.3 Å². The van der Waals surface area contributed by atoms with Crippen LogP contribution in [-0.4, -0.2) is 42.6 Å². The van der Waals surface area contributed by atoms with Crippen LogP contribution in [-0.2, 0) is 20.7 Å². The van der Waals surface area contributed by atoms with Gasteiger partial charge in [0, 0.05) is 11.1 Å². The third-order valence-corrected chi connectivity index (χ3v) is 4.03. The van der Waals surface area contributed by atoms with Crippen molar-refractivity contribution in [3.63, 3.8) is 0 Å². The zero-order chi connectivity index (χ0) is 16.9. The molecule has 0 saturated heterocycles. The Bertz CT molecular complexity index is 622. The summed E-state index contributed by atoms with van der Waals surface area (Å²) in [7, 11) is 1.35. The van der Waals surface area contributed by atoms with Crippen LogP contribution in [0, 0.1) is 13.8 Å². The first-order valence-corrected chi connectivity index (χ1v) is 8.70. The van der Waals surface area contributed by atoms with Crippen LogP contribution < -0.4 is 14.2 Å². The Labute approximate surface area is 132 Å². The molecule has 0 fully saturated rings. The van der Waals surface area contributed by atoms with Crippen LogP contribution in [0.4, 0.5) is 0 Å². The van der Waals surface area contributed by atoms with Gasteiger partial charge in [-0.2, -0.15) is 8.42 Å². The van der Waals surface area contributed by atoms with Gasteiger partial charge in [0.25, 0.3) is 10.1 Å². The Hall–Kier alpha value is -1.47. The van der Waals surface area contributed by atoms with Crippen molar-refractivity contribution in [3.8, 4) is 17.2 Å². The fraction of sp³-hybridized carbons (Fsp3) is 0.600. The summed E-state index contributed by atoms with van der Waals surface area (Å²) in [5.74, 6) is 2.03. The molecular formula is C15H24O6S. The molecule has 0 N–H and O–H groups in total. The highest BCUT2D eigenvalue weighted by atomic mass is 32.2. The predicted octanol–water partition coefficient (Wildman–Crippen LogP) is 2.24. The van der Waals surface area contributed by atoms with E-state index in [9.17, 15) is 8.42 Å². The van der Waals surface area contributed by atoms with Gasteiger partial charge in [0.05, 0.1) is 34.2 Å². The smallest absolute Gasteiger partial charge is 0.264 e. The monoisotopic (exact) mass is 332 g/mol. The Balaban J connectivity index is 3.11. The van der Waals surface area contributed by atoms with Crippen LogP contribution in [0.2, 0.25) is 0 Å². The van der Waals surface area contributed by atoms with E-state index in [0.717, 1.165) is 28.7 Å². The third kappa shape index (κ3) is 4.27. The Morgan fingerprint density at radius 3 is 1.86 bits per heavy atom. The van der Waals surface area contributed by atoms with E-state index in [1.807, 2.05) is 13.8 Å². The van der Waals surface area contributed by atoms with E-state index in [1.54, 1.807) is 21.3 Å². The molecule has 0 amide bonds. The van der Waals surface area contributed by atoms with Crippen molar-refractivity contribution in [2.45, 2.75) is 26.7 Å². The van der Waals surface area contributed by atoms with E-state index in [2.05, 4.69) is 0 Å². The lowest BCUT2D eigenvalue weighted by Crippen LogP contribution is -2.08. The van der Waals surface area contributed by atoms with Crippen molar-refractivity contribution >= 4 is 10.1 Å². The molecule has 0 aliphatic rings. The molecule has 0 atom stereocenters. The maximum Gasteiger partial charge on any atom is 0.264 e. The first kappa shape index (κ1) is 18.6. The second kappa shape index (κ2) is 7.69. The average Bonchev–Trinajstić information content (AvgIpc) is 2.44. The minimum absolute atomic E-state index is 0.125. The molecule has 6 nitrogen and oxygen atoms in total. The molecule has 7 heteroatoms. The second-order valence-electron chi connectivity index (χ2n) is 4.96. The minimum atomic E-state index is -3.42. The first-order valence-electron chi connectivity index (χ1n) is 6.89. The van der Waals surface area contributed by atoms with Crippen molar-refractivity contribution < 1.29 is 26.8 Å². The average molecular weight is 332 g/mol. The normalized spacial score (nSPS) is 11.4. The van der Waals surface area contributed by atoms with E-state index >= 15 is 0 Å². The maximum atomic E-state index is 11.0. The molecule has 126 valence electrons. The Morgan fingerprint density at radius 2 is 1.41 bits per heavy atom. The maximum absolute atomic E-state index is 11.0. The second-order valence-corrected chi connectivity index (χ2v) is 6.60. The van der Waals surface area contributed by atoms with E-state index in [-0.39, 0.29) is 6.61 Å². The lowest BCUT2D eigenvalue weighted by Gasteiger charge is -2.21. The van der Waals surface area contributed by atoms with Gasteiger partial charge in [0.15, 0.2) is 11.5 Å². The fourth-order valence-electron chi connectivity index (χ4n) is 2.53. The van der Waals surface area contributed by atoms with Crippen molar-refractivity contribution in [2.24, 2.45) is 0 Å². The number of benzene rings is 1. The summed E-state index contributed by atoms with van der Waals surface area (Å²) in [6.07, 6.45) is 2.17. The lowest BCUT2D eigenvalue weighted by atomic mass is 9.97. The lowest BCUT2D eigenvalue weighted by molar-refractivity contribution is 0.312. The van der Waals surface area contributed by atoms with Crippen LogP contribution in [0.3, 0.4) is 0 Å². The number of rotatable bonds is 8. The van der Waals surface area contributed by atoms with Crippen molar-refractivity contribution in [1.29, 1.82) is 0 Å². The number of hydrogen-bond donors (Lipinski definition) is 0. The molecule has 0 radical (unpaired) electrons. The number of methoxy groups -OCH3 is 3. The standard InChI is InChI=1S/C15H24O6S/c1-10-12(8-7-9-21-22(6,16)17)15(20-5)14(19-4)11(2)13(10)18-3/h7-9H2,1-6H3. The molecule has 0 bridgehead atoms. The number of hydrogen-bond acceptors (Lipinski definition) is 6. The van der Waals surface area contributed by atoms with Crippen molar-refractivity contribution in [2.75, 3.05) is 34.2 Å². The van der Waals surface area contributed by atoms with Crippen LogP contribution >= 0.6 is 0 Å². The number of ether oxygens (including phenoxy) is 3. The molecule has 0 heterocycles. The van der Waals surface area contributed by atoms with Crippen LogP contribution in [0.25, 0.3) is 0 Å². The molecule has 0 aliphatic carbocycles. The zero-order valence-corrected chi connectivity index (χ0v) is 14.8. The van der Waals surface area contributed by atoms with Crippen LogP contribution in [0.15, 0.2) is 0 Å². The van der Waals surface area contributed by atoms with Gasteiger partial charge in [-0.25, -0.2) is 0 Å². The highest BCUT2D eigenvalue weighted by Gasteiger charge is 2.21. The molecule has 0 spiro atoms. The van der Waals surface area contributed by atoms with E-state index in [4.69, 9.17) is 18.4 Å². The van der Waals surface area contributed by atoms with Gasteiger partial charge >= 0.3 is 0 Å². The Kier molecular flexibility index (Phi) is 6.49. The summed E-state index contributed by atoms with van der Waals surface area (Å²) in [4.78, 5) is 0. The molecule has 0 saturated carbocycles. The van der Waals surface area contributed by atoms with Crippen molar-refractivity contribution in [1.82, 2.24) is 0 Å². The summed E-state index contributed by atoms with van der Waals surface area (Å²) < 4.78 is 43.1. The fourth-order valence-corrected chi connectivity index (χ4v) is 2.95. The van der Waals surface area contributed by atoms with Gasteiger partial charge in [-0.3, -0.25) is 4.18 Å². The van der Waals surface area contributed by atoms with Gasteiger partial charge < -0.3 is 14.2 Å². The van der Waals surface area contributed by atoms with Crippen LogP contribution in [0.5, 0.6) is 17.2 Å². The zero-order valence-electron chi connectivity index (χ0n) is 14.0. The summed E-state index contributed by atoms with van der Waals surface area (Å²) in [5.41, 5.74) is 2.76. The summed E-state index contributed by atoms with van der Waals surface area (Å²) in [6.45, 7) is 3.98. The van der Waals surface area contributed by atoms with Gasteiger partial charge in [-0.05, 0) is 32.3 Å². The molecular weight excluding hydrogens is 308 g/mol. The molecule has 22 heavy (non-hydrogen) atoms. The quantitative estimate of drug-likeness (QED) is 0.537. The molecule has 0 aromatic heterocycles. The molecule has 0 aliphatic heterocycles. The van der Waals surface area contributed by atoms with E-state index < -0.39 is 10.1 Å². The Morgan fingerprint density at radius 1 is 0.864 bits per heavy atom. The predicted molar refractivity (Wildman–Crippen MR) is 84.7 cm³/mol. The van der Waals surface area contributed by atoms with Gasteiger partial charge in [0.2, 0.25) is 0 Å². The summed E-state index contributed by atoms with van der Waals surface area (Å²) >= 11 is 0. The first-order chi connectivity index (χ1) is 10.3. The minimum Gasteiger partial charge on any atom is -0.496 e. The molecule has 1 aromatic carbocycles.